The number of pyridine rings is 1. The molecule has 1 N–H and O–H groups in total. The minimum atomic E-state index is -0.345. The zero-order valence-electron chi connectivity index (χ0n) is 8.05. The van der Waals surface area contributed by atoms with Crippen molar-refractivity contribution in [2.75, 3.05) is 5.32 Å². The Hall–Kier alpha value is -1.13. The highest BCUT2D eigenvalue weighted by atomic mass is 79.9. The van der Waals surface area contributed by atoms with E-state index in [1.807, 2.05) is 6.07 Å². The van der Waals surface area contributed by atoms with Gasteiger partial charge in [0.1, 0.15) is 16.2 Å². The molecule has 2 aromatic rings. The fourth-order valence-electron chi connectivity index (χ4n) is 1.21. The van der Waals surface area contributed by atoms with E-state index < -0.39 is 0 Å². The number of nitrogens with zero attached hydrogens (tertiary/aromatic N) is 1. The van der Waals surface area contributed by atoms with Gasteiger partial charge in [-0.25, -0.2) is 9.37 Å². The van der Waals surface area contributed by atoms with Crippen LogP contribution in [0.2, 0.25) is 5.02 Å². The average molecular weight is 302 g/mol. The SMILES string of the molecule is Fc1ccc(Cl)c(Nc2cccc(Br)n2)c1. The second-order valence-electron chi connectivity index (χ2n) is 3.09. The highest BCUT2D eigenvalue weighted by Gasteiger charge is 2.03. The van der Waals surface area contributed by atoms with E-state index in [4.69, 9.17) is 11.6 Å². The third kappa shape index (κ3) is 2.71. The van der Waals surface area contributed by atoms with Crippen molar-refractivity contribution < 1.29 is 4.39 Å². The lowest BCUT2D eigenvalue weighted by Crippen LogP contribution is -1.94. The molecule has 2 rings (SSSR count). The summed E-state index contributed by atoms with van der Waals surface area (Å²) in [5, 5.41) is 3.39. The van der Waals surface area contributed by atoms with Gasteiger partial charge in [0.15, 0.2) is 0 Å². The van der Waals surface area contributed by atoms with Gasteiger partial charge in [-0.05, 0) is 46.3 Å². The summed E-state index contributed by atoms with van der Waals surface area (Å²) < 4.78 is 13.7. The summed E-state index contributed by atoms with van der Waals surface area (Å²) in [6.07, 6.45) is 0. The Balaban J connectivity index is 2.30. The summed E-state index contributed by atoms with van der Waals surface area (Å²) in [7, 11) is 0. The van der Waals surface area contributed by atoms with Crippen molar-refractivity contribution >= 4 is 39.0 Å². The Morgan fingerprint density at radius 1 is 1.25 bits per heavy atom. The van der Waals surface area contributed by atoms with Gasteiger partial charge in [-0.1, -0.05) is 17.7 Å². The van der Waals surface area contributed by atoms with E-state index in [0.717, 1.165) is 0 Å². The average Bonchev–Trinajstić information content (AvgIpc) is 2.24. The molecule has 0 amide bonds. The first kappa shape index (κ1) is 11.4. The lowest BCUT2D eigenvalue weighted by atomic mass is 10.3. The minimum Gasteiger partial charge on any atom is -0.339 e. The molecule has 1 heterocycles. The molecule has 0 radical (unpaired) electrons. The first-order chi connectivity index (χ1) is 7.65. The van der Waals surface area contributed by atoms with Crippen molar-refractivity contribution in [1.82, 2.24) is 4.98 Å². The number of benzene rings is 1. The molecule has 5 heteroatoms. The van der Waals surface area contributed by atoms with Crippen LogP contribution in [-0.4, -0.2) is 4.98 Å². The Morgan fingerprint density at radius 3 is 2.81 bits per heavy atom. The molecule has 0 unspecified atom stereocenters. The Morgan fingerprint density at radius 2 is 2.06 bits per heavy atom. The molecular formula is C11H7BrClFN2. The Bertz CT molecular complexity index is 519. The summed E-state index contributed by atoms with van der Waals surface area (Å²) in [5.74, 6) is 0.253. The number of aromatic nitrogens is 1. The number of anilines is 2. The molecular weight excluding hydrogens is 294 g/mol. The molecule has 0 fully saturated rings. The predicted molar refractivity (Wildman–Crippen MR) is 66.6 cm³/mol. The molecule has 16 heavy (non-hydrogen) atoms. The van der Waals surface area contributed by atoms with E-state index in [1.54, 1.807) is 12.1 Å². The highest BCUT2D eigenvalue weighted by Crippen LogP contribution is 2.25. The van der Waals surface area contributed by atoms with Gasteiger partial charge in [-0.3, -0.25) is 0 Å². The van der Waals surface area contributed by atoms with Crippen LogP contribution in [0.4, 0.5) is 15.9 Å². The maximum Gasteiger partial charge on any atom is 0.131 e. The molecule has 82 valence electrons. The summed E-state index contributed by atoms with van der Waals surface area (Å²) >= 11 is 9.17. The van der Waals surface area contributed by atoms with Crippen molar-refractivity contribution in [1.29, 1.82) is 0 Å². The molecule has 0 spiro atoms. The van der Waals surface area contributed by atoms with Crippen LogP contribution in [0.3, 0.4) is 0 Å². The Kier molecular flexibility index (Phi) is 3.41. The maximum atomic E-state index is 13.0. The first-order valence-electron chi connectivity index (χ1n) is 4.50. The largest absolute Gasteiger partial charge is 0.339 e. The van der Waals surface area contributed by atoms with Crippen molar-refractivity contribution in [3.05, 3.63) is 51.8 Å². The fourth-order valence-corrected chi connectivity index (χ4v) is 1.72. The van der Waals surface area contributed by atoms with Gasteiger partial charge in [0.25, 0.3) is 0 Å². The standard InChI is InChI=1S/C11H7BrClFN2/c12-10-2-1-3-11(16-10)15-9-6-7(14)4-5-8(9)13/h1-6H,(H,15,16). The maximum absolute atomic E-state index is 13.0. The monoisotopic (exact) mass is 300 g/mol. The molecule has 1 aromatic carbocycles. The zero-order chi connectivity index (χ0) is 11.5. The van der Waals surface area contributed by atoms with Gasteiger partial charge < -0.3 is 5.32 Å². The van der Waals surface area contributed by atoms with Crippen LogP contribution in [-0.2, 0) is 0 Å². The van der Waals surface area contributed by atoms with E-state index in [1.165, 1.54) is 18.2 Å². The van der Waals surface area contributed by atoms with Crippen LogP contribution in [0.15, 0.2) is 41.0 Å². The summed E-state index contributed by atoms with van der Waals surface area (Å²) in [6, 6.07) is 9.53. The van der Waals surface area contributed by atoms with Crippen molar-refractivity contribution in [3.63, 3.8) is 0 Å². The molecule has 2 nitrogen and oxygen atoms in total. The number of rotatable bonds is 2. The van der Waals surface area contributed by atoms with Gasteiger partial charge in [-0.2, -0.15) is 0 Å². The van der Waals surface area contributed by atoms with Crippen LogP contribution in [0.5, 0.6) is 0 Å². The minimum absolute atomic E-state index is 0.345. The third-order valence-electron chi connectivity index (χ3n) is 1.91. The van der Waals surface area contributed by atoms with Crippen molar-refractivity contribution in [2.24, 2.45) is 0 Å². The summed E-state index contributed by atoms with van der Waals surface area (Å²) in [5.41, 5.74) is 0.493. The van der Waals surface area contributed by atoms with E-state index in [9.17, 15) is 4.39 Å². The highest BCUT2D eigenvalue weighted by molar-refractivity contribution is 9.10. The van der Waals surface area contributed by atoms with Crippen LogP contribution in [0.25, 0.3) is 0 Å². The number of hydrogen-bond acceptors (Lipinski definition) is 2. The first-order valence-corrected chi connectivity index (χ1v) is 5.67. The van der Waals surface area contributed by atoms with E-state index in [-0.39, 0.29) is 5.82 Å². The van der Waals surface area contributed by atoms with Crippen LogP contribution < -0.4 is 5.32 Å². The normalized spacial score (nSPS) is 10.2. The van der Waals surface area contributed by atoms with Crippen molar-refractivity contribution in [2.45, 2.75) is 0 Å². The third-order valence-corrected chi connectivity index (χ3v) is 2.68. The lowest BCUT2D eigenvalue weighted by Gasteiger charge is -2.07. The second-order valence-corrected chi connectivity index (χ2v) is 4.31. The van der Waals surface area contributed by atoms with E-state index >= 15 is 0 Å². The molecule has 1 aromatic heterocycles. The molecule has 0 atom stereocenters. The predicted octanol–water partition coefficient (Wildman–Crippen LogP) is 4.38. The molecule has 0 aliphatic heterocycles. The summed E-state index contributed by atoms with van der Waals surface area (Å²) in [6.45, 7) is 0. The van der Waals surface area contributed by atoms with Gasteiger partial charge in [0, 0.05) is 0 Å². The van der Waals surface area contributed by atoms with Gasteiger partial charge in [0.2, 0.25) is 0 Å². The topological polar surface area (TPSA) is 24.9 Å². The van der Waals surface area contributed by atoms with Crippen LogP contribution in [0.1, 0.15) is 0 Å². The lowest BCUT2D eigenvalue weighted by molar-refractivity contribution is 0.628. The van der Waals surface area contributed by atoms with E-state index in [0.29, 0.717) is 21.1 Å². The summed E-state index contributed by atoms with van der Waals surface area (Å²) in [4.78, 5) is 4.16. The molecule has 0 saturated heterocycles. The van der Waals surface area contributed by atoms with Gasteiger partial charge in [-0.15, -0.1) is 0 Å². The number of nitrogens with one attached hydrogen (secondary N) is 1. The fraction of sp³-hybridized carbons (Fsp3) is 0. The molecule has 0 aliphatic carbocycles. The molecule has 0 bridgehead atoms. The smallest absolute Gasteiger partial charge is 0.131 e. The van der Waals surface area contributed by atoms with Gasteiger partial charge in [0.05, 0.1) is 10.7 Å². The molecule has 0 saturated carbocycles. The Labute approximate surface area is 106 Å². The number of hydrogen-bond donors (Lipinski definition) is 1. The van der Waals surface area contributed by atoms with E-state index in [2.05, 4.69) is 26.2 Å². The number of halogens is 3. The quantitative estimate of drug-likeness (QED) is 0.833. The van der Waals surface area contributed by atoms with Gasteiger partial charge >= 0.3 is 0 Å². The van der Waals surface area contributed by atoms with Crippen LogP contribution >= 0.6 is 27.5 Å². The zero-order valence-corrected chi connectivity index (χ0v) is 10.4. The molecule has 0 aliphatic rings. The van der Waals surface area contributed by atoms with Crippen LogP contribution in [0, 0.1) is 5.82 Å². The van der Waals surface area contributed by atoms with Crippen molar-refractivity contribution in [3.8, 4) is 0 Å². The second kappa shape index (κ2) is 4.80.